The molecule has 2 rings (SSSR count). The van der Waals surface area contributed by atoms with Gasteiger partial charge in [0.1, 0.15) is 0 Å². The molecule has 0 aliphatic carbocycles. The Hall–Kier alpha value is -2.78. The summed E-state index contributed by atoms with van der Waals surface area (Å²) >= 11 is 0. The molecular weight excluding hydrogens is 347 g/mol. The zero-order valence-electron chi connectivity index (χ0n) is 11.3. The average molecular weight is 352 g/mol. The third-order valence-corrected chi connectivity index (χ3v) is 2.93. The molecule has 0 radical (unpaired) electrons. The molecule has 0 amide bonds. The number of hydrogen-bond donors (Lipinski definition) is 1. The molecule has 2 aromatic rings. The van der Waals surface area contributed by atoms with Crippen LogP contribution in [0.25, 0.3) is 0 Å². The van der Waals surface area contributed by atoms with Gasteiger partial charge in [0.15, 0.2) is 23.3 Å². The van der Waals surface area contributed by atoms with E-state index in [1.165, 1.54) is 0 Å². The molecule has 1 N–H and O–H groups in total. The molecule has 0 unspecified atom stereocenters. The number of benzene rings is 2. The number of halogens is 7. The van der Waals surface area contributed by atoms with E-state index in [0.29, 0.717) is 12.1 Å². The summed E-state index contributed by atoms with van der Waals surface area (Å²) in [6, 6.07) is 2.94. The zero-order chi connectivity index (χ0) is 18.2. The number of carboxylic acids is 1. The highest BCUT2D eigenvalue weighted by Gasteiger charge is 2.31. The van der Waals surface area contributed by atoms with E-state index in [1.54, 1.807) is 5.32 Å². The number of nitrogens with one attached hydrogen (secondary N) is 1. The first-order valence-electron chi connectivity index (χ1n) is 6.05. The molecule has 0 aliphatic heterocycles. The summed E-state index contributed by atoms with van der Waals surface area (Å²) < 4.78 is 91.4. The van der Waals surface area contributed by atoms with E-state index < -0.39 is 57.9 Å². The fourth-order valence-electron chi connectivity index (χ4n) is 1.86. The van der Waals surface area contributed by atoms with Gasteiger partial charge < -0.3 is 15.2 Å². The van der Waals surface area contributed by atoms with Crippen LogP contribution in [0.4, 0.5) is 42.1 Å². The molecule has 10 heteroatoms. The fourth-order valence-corrected chi connectivity index (χ4v) is 1.86. The van der Waals surface area contributed by atoms with Crippen molar-refractivity contribution in [3.63, 3.8) is 0 Å². The molecule has 0 saturated carbocycles. The molecule has 0 aliphatic rings. The summed E-state index contributed by atoms with van der Waals surface area (Å²) in [5, 5.41) is 12.6. The lowest BCUT2D eigenvalue weighted by molar-refractivity contribution is -0.255. The Kier molecular flexibility index (Phi) is 4.41. The van der Waals surface area contributed by atoms with Gasteiger partial charge in [-0.1, -0.05) is 6.07 Å². The first kappa shape index (κ1) is 17.6. The van der Waals surface area contributed by atoms with Gasteiger partial charge in [-0.3, -0.25) is 0 Å². The normalized spacial score (nSPS) is 11.5. The zero-order valence-corrected chi connectivity index (χ0v) is 11.3. The number of rotatable bonds is 3. The molecule has 0 fully saturated rings. The molecule has 3 nitrogen and oxygen atoms in total. The first-order valence-corrected chi connectivity index (χ1v) is 6.05. The smallest absolute Gasteiger partial charge is 0.416 e. The molecule has 0 aromatic heterocycles. The number of carbonyl (C=O) groups is 1. The van der Waals surface area contributed by atoms with Gasteiger partial charge in [0, 0.05) is 5.69 Å². The van der Waals surface area contributed by atoms with Crippen LogP contribution in [-0.4, -0.2) is 5.97 Å². The monoisotopic (exact) mass is 352 g/mol. The first-order chi connectivity index (χ1) is 11.0. The maximum atomic E-state index is 13.7. The topological polar surface area (TPSA) is 52.2 Å². The Morgan fingerprint density at radius 3 is 2.08 bits per heavy atom. The number of alkyl halides is 3. The Balaban J connectivity index is 2.60. The molecule has 0 saturated heterocycles. The quantitative estimate of drug-likeness (QED) is 0.524. The Bertz CT molecular complexity index is 818. The van der Waals surface area contributed by atoms with Gasteiger partial charge in [0.05, 0.1) is 22.8 Å². The highest BCUT2D eigenvalue weighted by Crippen LogP contribution is 2.34. The van der Waals surface area contributed by atoms with Gasteiger partial charge in [-0.05, 0) is 18.2 Å². The summed E-state index contributed by atoms with van der Waals surface area (Å²) in [5.74, 6) is -11.5. The molecule has 2 aromatic carbocycles. The Morgan fingerprint density at radius 1 is 0.958 bits per heavy atom. The molecule has 128 valence electrons. The predicted octanol–water partition coefficient (Wildman–Crippen LogP) is 3.37. The van der Waals surface area contributed by atoms with Crippen molar-refractivity contribution in [1.82, 2.24) is 0 Å². The minimum absolute atomic E-state index is 0.442. The number of hydrogen-bond acceptors (Lipinski definition) is 3. The highest BCUT2D eigenvalue weighted by molar-refractivity contribution is 5.94. The van der Waals surface area contributed by atoms with Crippen LogP contribution >= 0.6 is 0 Å². The van der Waals surface area contributed by atoms with Crippen LogP contribution in [0.5, 0.6) is 0 Å². The molecule has 0 heterocycles. The van der Waals surface area contributed by atoms with E-state index in [1.807, 2.05) is 0 Å². The third-order valence-electron chi connectivity index (χ3n) is 2.93. The van der Waals surface area contributed by atoms with Crippen LogP contribution in [0.2, 0.25) is 0 Å². The second kappa shape index (κ2) is 6.02. The van der Waals surface area contributed by atoms with Crippen molar-refractivity contribution < 1.29 is 40.6 Å². The van der Waals surface area contributed by atoms with Gasteiger partial charge in [-0.2, -0.15) is 13.2 Å². The minimum atomic E-state index is -4.77. The summed E-state index contributed by atoms with van der Waals surface area (Å²) in [5.41, 5.74) is -4.81. The fraction of sp³-hybridized carbons (Fsp3) is 0.0714. The maximum Gasteiger partial charge on any atom is 0.416 e. The van der Waals surface area contributed by atoms with E-state index in [0.717, 1.165) is 12.1 Å². The van der Waals surface area contributed by atoms with Crippen molar-refractivity contribution in [2.24, 2.45) is 0 Å². The van der Waals surface area contributed by atoms with Gasteiger partial charge >= 0.3 is 6.18 Å². The summed E-state index contributed by atoms with van der Waals surface area (Å²) in [4.78, 5) is 10.8. The van der Waals surface area contributed by atoms with Gasteiger partial charge in [-0.25, -0.2) is 17.6 Å². The van der Waals surface area contributed by atoms with E-state index in [9.17, 15) is 40.6 Å². The van der Waals surface area contributed by atoms with Crippen molar-refractivity contribution >= 4 is 17.3 Å². The lowest BCUT2D eigenvalue weighted by Gasteiger charge is -2.16. The predicted molar refractivity (Wildman–Crippen MR) is 65.3 cm³/mol. The summed E-state index contributed by atoms with van der Waals surface area (Å²) in [7, 11) is 0. The minimum Gasteiger partial charge on any atom is -0.545 e. The number of carboxylic acid groups (broad SMARTS) is 1. The molecule has 0 atom stereocenters. The molecular formula is C14H5F7NO2-. The average Bonchev–Trinajstić information content (AvgIpc) is 2.49. The lowest BCUT2D eigenvalue weighted by Crippen LogP contribution is -2.26. The van der Waals surface area contributed by atoms with E-state index in [4.69, 9.17) is 0 Å². The van der Waals surface area contributed by atoms with Gasteiger partial charge in [-0.15, -0.1) is 0 Å². The maximum absolute atomic E-state index is 13.7. The van der Waals surface area contributed by atoms with Crippen LogP contribution < -0.4 is 10.4 Å². The van der Waals surface area contributed by atoms with Crippen LogP contribution in [0.3, 0.4) is 0 Å². The molecule has 0 bridgehead atoms. The van der Waals surface area contributed by atoms with Crippen molar-refractivity contribution in [2.45, 2.75) is 6.18 Å². The van der Waals surface area contributed by atoms with Crippen LogP contribution in [0, 0.1) is 23.3 Å². The Labute approximate surface area is 129 Å². The van der Waals surface area contributed by atoms with E-state index in [-0.39, 0.29) is 0 Å². The van der Waals surface area contributed by atoms with E-state index >= 15 is 0 Å². The van der Waals surface area contributed by atoms with Crippen molar-refractivity contribution in [2.75, 3.05) is 5.32 Å². The standard InChI is InChI=1S/C14H6F7NO2/c15-8-7(13(23)24)12(11(18)10(17)9(8)16)22-6-3-1-2-5(4-6)14(19,20)21/h1-4,22H,(H,23,24)/p-1. The summed E-state index contributed by atoms with van der Waals surface area (Å²) in [6.07, 6.45) is -4.77. The number of carbonyl (C=O) groups excluding carboxylic acids is 1. The lowest BCUT2D eigenvalue weighted by atomic mass is 10.1. The SMILES string of the molecule is O=C([O-])c1c(F)c(F)c(F)c(F)c1Nc1cccc(C(F)(F)F)c1. The van der Waals surface area contributed by atoms with Crippen LogP contribution in [0.15, 0.2) is 24.3 Å². The highest BCUT2D eigenvalue weighted by atomic mass is 19.4. The van der Waals surface area contributed by atoms with Gasteiger partial charge in [0.2, 0.25) is 0 Å². The second-order valence-corrected chi connectivity index (χ2v) is 4.50. The largest absolute Gasteiger partial charge is 0.545 e. The van der Waals surface area contributed by atoms with Crippen molar-refractivity contribution in [3.8, 4) is 0 Å². The van der Waals surface area contributed by atoms with Crippen LogP contribution in [-0.2, 0) is 6.18 Å². The summed E-state index contributed by atoms with van der Waals surface area (Å²) in [6.45, 7) is 0. The van der Waals surface area contributed by atoms with Crippen molar-refractivity contribution in [1.29, 1.82) is 0 Å². The van der Waals surface area contributed by atoms with Crippen molar-refractivity contribution in [3.05, 3.63) is 58.7 Å². The van der Waals surface area contributed by atoms with Crippen LogP contribution in [0.1, 0.15) is 15.9 Å². The Morgan fingerprint density at radius 2 is 1.54 bits per heavy atom. The van der Waals surface area contributed by atoms with E-state index in [2.05, 4.69) is 0 Å². The molecule has 24 heavy (non-hydrogen) atoms. The molecule has 0 spiro atoms. The number of aromatic carboxylic acids is 1. The number of anilines is 2. The second-order valence-electron chi connectivity index (χ2n) is 4.50. The third kappa shape index (κ3) is 3.12. The van der Waals surface area contributed by atoms with Gasteiger partial charge in [0.25, 0.3) is 0 Å².